The molecule has 0 bridgehead atoms. The number of ether oxygens (including phenoxy) is 1. The highest BCUT2D eigenvalue weighted by Crippen LogP contribution is 2.34. The molecule has 0 aliphatic carbocycles. The molecule has 0 radical (unpaired) electrons. The van der Waals surface area contributed by atoms with E-state index in [1.54, 1.807) is 13.4 Å². The van der Waals surface area contributed by atoms with Crippen molar-refractivity contribution in [3.8, 4) is 5.75 Å². The second kappa shape index (κ2) is 8.19. The maximum absolute atomic E-state index is 6.06. The van der Waals surface area contributed by atoms with Crippen molar-refractivity contribution >= 4 is 11.8 Å². The van der Waals surface area contributed by atoms with Crippen molar-refractivity contribution < 1.29 is 9.15 Å². The molecule has 1 saturated heterocycles. The molecular formula is C20H24N4O2S. The predicted molar refractivity (Wildman–Crippen MR) is 104 cm³/mol. The lowest BCUT2D eigenvalue weighted by Crippen LogP contribution is -2.32. The van der Waals surface area contributed by atoms with Crippen LogP contribution >= 0.6 is 11.8 Å². The highest BCUT2D eigenvalue weighted by molar-refractivity contribution is 7.99. The highest BCUT2D eigenvalue weighted by Gasteiger charge is 2.25. The Labute approximate surface area is 163 Å². The van der Waals surface area contributed by atoms with Crippen LogP contribution in [0.2, 0.25) is 0 Å². The average molecular weight is 385 g/mol. The Morgan fingerprint density at radius 1 is 1.26 bits per heavy atom. The van der Waals surface area contributed by atoms with Gasteiger partial charge in [-0.15, -0.1) is 10.2 Å². The molecule has 1 aromatic carbocycles. The number of methoxy groups -OCH3 is 1. The van der Waals surface area contributed by atoms with Crippen molar-refractivity contribution in [1.82, 2.24) is 19.7 Å². The van der Waals surface area contributed by atoms with Gasteiger partial charge in [0.25, 0.3) is 0 Å². The average Bonchev–Trinajstić information content (AvgIpc) is 3.31. The molecular weight excluding hydrogens is 360 g/mol. The summed E-state index contributed by atoms with van der Waals surface area (Å²) in [4.78, 5) is 2.51. The number of aryl methyl sites for hydroxylation is 1. The zero-order valence-corrected chi connectivity index (χ0v) is 16.5. The molecule has 6 nitrogen and oxygen atoms in total. The van der Waals surface area contributed by atoms with Crippen LogP contribution in [0, 0.1) is 0 Å². The van der Waals surface area contributed by atoms with Gasteiger partial charge in [-0.1, -0.05) is 18.6 Å². The van der Waals surface area contributed by atoms with Crippen LogP contribution in [0.1, 0.15) is 36.6 Å². The molecule has 1 fully saturated rings. The van der Waals surface area contributed by atoms with Gasteiger partial charge in [-0.25, -0.2) is 0 Å². The van der Waals surface area contributed by atoms with Crippen LogP contribution in [0.3, 0.4) is 0 Å². The Kier molecular flexibility index (Phi) is 5.50. The Bertz CT molecular complexity index is 892. The molecule has 0 amide bonds. The third-order valence-corrected chi connectivity index (χ3v) is 5.92. The predicted octanol–water partition coefficient (Wildman–Crippen LogP) is 4.30. The van der Waals surface area contributed by atoms with Crippen molar-refractivity contribution in [3.05, 3.63) is 54.0 Å². The van der Waals surface area contributed by atoms with E-state index < -0.39 is 0 Å². The fourth-order valence-corrected chi connectivity index (χ4v) is 4.30. The van der Waals surface area contributed by atoms with E-state index in [9.17, 15) is 0 Å². The molecule has 0 spiro atoms. The SMILES string of the molecule is COc1cccc([C@@H]2CCCCN2Cc2ccc(Sc3nncn3C)o2)c1. The largest absolute Gasteiger partial charge is 0.497 e. The molecule has 142 valence electrons. The fraction of sp³-hybridized carbons (Fsp3) is 0.400. The third kappa shape index (κ3) is 4.20. The van der Waals surface area contributed by atoms with Crippen LogP contribution in [0.15, 0.2) is 57.4 Å². The van der Waals surface area contributed by atoms with E-state index in [2.05, 4.69) is 39.4 Å². The number of hydrogen-bond acceptors (Lipinski definition) is 6. The first-order chi connectivity index (χ1) is 13.2. The van der Waals surface area contributed by atoms with Gasteiger partial charge in [-0.2, -0.15) is 0 Å². The van der Waals surface area contributed by atoms with Crippen LogP contribution in [0.25, 0.3) is 0 Å². The summed E-state index contributed by atoms with van der Waals surface area (Å²) < 4.78 is 13.4. The van der Waals surface area contributed by atoms with E-state index in [0.717, 1.165) is 41.3 Å². The number of hydrogen-bond donors (Lipinski definition) is 0. The van der Waals surface area contributed by atoms with E-state index in [-0.39, 0.29) is 0 Å². The number of furan rings is 1. The summed E-state index contributed by atoms with van der Waals surface area (Å²) in [6.45, 7) is 1.88. The first-order valence-corrected chi connectivity index (χ1v) is 10.0. The minimum atomic E-state index is 0.397. The zero-order valence-electron chi connectivity index (χ0n) is 15.7. The van der Waals surface area contributed by atoms with Gasteiger partial charge in [0.15, 0.2) is 10.2 Å². The first-order valence-electron chi connectivity index (χ1n) is 9.21. The van der Waals surface area contributed by atoms with Crippen molar-refractivity contribution in [1.29, 1.82) is 0 Å². The summed E-state index contributed by atoms with van der Waals surface area (Å²) in [5.74, 6) is 1.90. The van der Waals surface area contributed by atoms with E-state index >= 15 is 0 Å². The van der Waals surface area contributed by atoms with Gasteiger partial charge in [0, 0.05) is 13.1 Å². The van der Waals surface area contributed by atoms with Gasteiger partial charge in [0.2, 0.25) is 0 Å². The van der Waals surface area contributed by atoms with Gasteiger partial charge in [-0.05, 0) is 61.0 Å². The number of nitrogens with zero attached hydrogens (tertiary/aromatic N) is 4. The van der Waals surface area contributed by atoms with Gasteiger partial charge in [-0.3, -0.25) is 4.90 Å². The van der Waals surface area contributed by atoms with Gasteiger partial charge >= 0.3 is 0 Å². The fourth-order valence-electron chi connectivity index (χ4n) is 3.56. The molecule has 27 heavy (non-hydrogen) atoms. The minimum absolute atomic E-state index is 0.397. The van der Waals surface area contributed by atoms with Crippen LogP contribution in [-0.4, -0.2) is 33.3 Å². The number of rotatable bonds is 6. The highest BCUT2D eigenvalue weighted by atomic mass is 32.2. The second-order valence-electron chi connectivity index (χ2n) is 6.81. The van der Waals surface area contributed by atoms with Crippen LogP contribution in [-0.2, 0) is 13.6 Å². The van der Waals surface area contributed by atoms with Crippen LogP contribution in [0.5, 0.6) is 5.75 Å². The van der Waals surface area contributed by atoms with Crippen molar-refractivity contribution in [2.75, 3.05) is 13.7 Å². The van der Waals surface area contributed by atoms with Gasteiger partial charge < -0.3 is 13.7 Å². The summed E-state index contributed by atoms with van der Waals surface area (Å²) in [6, 6.07) is 12.9. The topological polar surface area (TPSA) is 56.3 Å². The number of benzene rings is 1. The number of aromatic nitrogens is 3. The zero-order chi connectivity index (χ0) is 18.6. The minimum Gasteiger partial charge on any atom is -0.497 e. The summed E-state index contributed by atoms with van der Waals surface area (Å²) in [6.07, 6.45) is 5.33. The molecule has 3 aromatic rings. The van der Waals surface area contributed by atoms with E-state index in [0.29, 0.717) is 6.04 Å². The van der Waals surface area contributed by atoms with E-state index in [4.69, 9.17) is 9.15 Å². The maximum Gasteiger partial charge on any atom is 0.198 e. The Morgan fingerprint density at radius 2 is 2.19 bits per heavy atom. The Morgan fingerprint density at radius 3 is 3.00 bits per heavy atom. The lowest BCUT2D eigenvalue weighted by Gasteiger charge is -2.35. The quantitative estimate of drug-likeness (QED) is 0.632. The van der Waals surface area contributed by atoms with Gasteiger partial charge in [0.05, 0.1) is 13.7 Å². The lowest BCUT2D eigenvalue weighted by atomic mass is 9.95. The maximum atomic E-state index is 6.06. The first kappa shape index (κ1) is 18.1. The van der Waals surface area contributed by atoms with Crippen molar-refractivity contribution in [3.63, 3.8) is 0 Å². The van der Waals surface area contributed by atoms with Crippen LogP contribution in [0.4, 0.5) is 0 Å². The third-order valence-electron chi connectivity index (χ3n) is 4.95. The molecule has 7 heteroatoms. The molecule has 1 aliphatic heterocycles. The van der Waals surface area contributed by atoms with E-state index in [1.165, 1.54) is 30.2 Å². The molecule has 1 aliphatic rings. The molecule has 0 saturated carbocycles. The standard InChI is InChI=1S/C20H24N4O2S/c1-23-14-21-22-20(23)27-19-10-9-17(26-19)13-24-11-4-3-8-18(24)15-6-5-7-16(12-15)25-2/h5-7,9-10,12,14,18H,3-4,8,11,13H2,1-2H3/t18-/m0/s1. The second-order valence-corrected chi connectivity index (χ2v) is 7.78. The van der Waals surface area contributed by atoms with Gasteiger partial charge in [0.1, 0.15) is 17.8 Å². The van der Waals surface area contributed by atoms with Crippen molar-refractivity contribution in [2.45, 2.75) is 42.1 Å². The molecule has 4 rings (SSSR count). The normalized spacial score (nSPS) is 17.9. The summed E-state index contributed by atoms with van der Waals surface area (Å²) in [7, 11) is 3.65. The Hall–Kier alpha value is -2.25. The lowest BCUT2D eigenvalue weighted by molar-refractivity contribution is 0.128. The molecule has 1 atom stereocenters. The molecule has 0 unspecified atom stereocenters. The monoisotopic (exact) mass is 384 g/mol. The molecule has 3 heterocycles. The Balaban J connectivity index is 1.47. The summed E-state index contributed by atoms with van der Waals surface area (Å²) in [5, 5.41) is 9.67. The van der Waals surface area contributed by atoms with E-state index in [1.807, 2.05) is 23.7 Å². The number of piperidine rings is 1. The van der Waals surface area contributed by atoms with Crippen molar-refractivity contribution in [2.24, 2.45) is 7.05 Å². The summed E-state index contributed by atoms with van der Waals surface area (Å²) >= 11 is 1.49. The summed E-state index contributed by atoms with van der Waals surface area (Å²) in [5.41, 5.74) is 1.31. The number of likely N-dealkylation sites (tertiary alicyclic amines) is 1. The molecule has 2 aromatic heterocycles. The molecule has 0 N–H and O–H groups in total. The van der Waals surface area contributed by atoms with Crippen LogP contribution < -0.4 is 4.74 Å². The smallest absolute Gasteiger partial charge is 0.198 e.